The molecule has 0 heterocycles. The normalized spacial score (nSPS) is 18.0. The van der Waals surface area contributed by atoms with Crippen molar-refractivity contribution in [1.82, 2.24) is 0 Å². The topological polar surface area (TPSA) is 129 Å². The van der Waals surface area contributed by atoms with E-state index >= 15 is 0 Å². The van der Waals surface area contributed by atoms with E-state index in [9.17, 15) is 14.4 Å². The van der Waals surface area contributed by atoms with Gasteiger partial charge in [0.25, 0.3) is 0 Å². The Kier molecular flexibility index (Phi) is 43.8. The van der Waals surface area contributed by atoms with Gasteiger partial charge in [-0.1, -0.05) is 329 Å². The molecule has 0 aromatic rings. The van der Waals surface area contributed by atoms with Gasteiger partial charge in [-0.2, -0.15) is 0 Å². The number of carbonyl (C=O) groups is 3. The smallest absolute Gasteiger partial charge is 0.224 e. The van der Waals surface area contributed by atoms with Crippen LogP contribution >= 0.6 is 0 Å². The van der Waals surface area contributed by atoms with E-state index in [1.54, 1.807) is 0 Å². The molecule has 0 saturated heterocycles. The fourth-order valence-electron chi connectivity index (χ4n) is 12.9. The highest BCUT2D eigenvalue weighted by molar-refractivity contribution is 5.88. The summed E-state index contributed by atoms with van der Waals surface area (Å²) in [6, 6.07) is 0. The van der Waals surface area contributed by atoms with Crippen LogP contribution in [0.15, 0.2) is 0 Å². The molecule has 1 aliphatic rings. The highest BCUT2D eigenvalue weighted by Gasteiger charge is 2.63. The summed E-state index contributed by atoms with van der Waals surface area (Å²) in [5.74, 6) is -2.23. The molecule has 0 bridgehead atoms. The molecule has 6 heteroatoms. The van der Waals surface area contributed by atoms with Gasteiger partial charge in [0.05, 0.1) is 5.41 Å². The molecule has 3 amide bonds. The van der Waals surface area contributed by atoms with Gasteiger partial charge >= 0.3 is 0 Å². The Hall–Kier alpha value is -1.59. The number of nitrogens with two attached hydrogens (primary N) is 3. The van der Waals surface area contributed by atoms with Crippen molar-refractivity contribution in [1.29, 1.82) is 0 Å². The first-order valence-electron chi connectivity index (χ1n) is 31.6. The summed E-state index contributed by atoms with van der Waals surface area (Å²) in [6.07, 6.45) is 65.5. The molecule has 0 spiro atoms. The molecule has 1 rings (SSSR count). The van der Waals surface area contributed by atoms with Gasteiger partial charge in [0, 0.05) is 11.8 Å². The predicted molar refractivity (Wildman–Crippen MR) is 301 cm³/mol. The standard InChI is InChI=1S/C63H123N3O3/c1-4-7-10-13-16-19-22-25-28-31-34-37-40-43-46-49-52-62(53-50-47-44-41-38-35-32-29-26-23-20-17-14-11-8-5-2)58(60(65)68)55-57(59(64)67)56-63(62,61(66)69)54-51-48-45-42-39-36-33-30-27-24-21-18-15-12-9-6-3/h57-58H,4-56H2,1-3H3,(H2,64,67)(H2,65,68)(H2,66,69). The van der Waals surface area contributed by atoms with E-state index in [1.807, 2.05) is 0 Å². The van der Waals surface area contributed by atoms with Crippen molar-refractivity contribution in [3.8, 4) is 0 Å². The second kappa shape index (κ2) is 46.2. The van der Waals surface area contributed by atoms with Gasteiger partial charge in [0.2, 0.25) is 17.7 Å². The van der Waals surface area contributed by atoms with Crippen LogP contribution in [0.1, 0.15) is 361 Å². The van der Waals surface area contributed by atoms with Crippen molar-refractivity contribution >= 4 is 17.7 Å². The number of hydrogen-bond acceptors (Lipinski definition) is 3. The van der Waals surface area contributed by atoms with Crippen molar-refractivity contribution in [3.63, 3.8) is 0 Å². The molecule has 0 radical (unpaired) electrons. The average molecular weight is 971 g/mol. The molecule has 1 fully saturated rings. The number of unbranched alkanes of at least 4 members (excludes halogenated alkanes) is 45. The maximum atomic E-state index is 14.3. The Morgan fingerprint density at radius 1 is 0.319 bits per heavy atom. The summed E-state index contributed by atoms with van der Waals surface area (Å²) in [7, 11) is 0. The largest absolute Gasteiger partial charge is 0.369 e. The maximum absolute atomic E-state index is 14.3. The molecule has 69 heavy (non-hydrogen) atoms. The summed E-state index contributed by atoms with van der Waals surface area (Å²) in [6.45, 7) is 6.86. The van der Waals surface area contributed by atoms with Crippen LogP contribution in [-0.2, 0) is 14.4 Å². The third-order valence-electron chi connectivity index (χ3n) is 17.4. The lowest BCUT2D eigenvalue weighted by Gasteiger charge is -2.57. The first-order chi connectivity index (χ1) is 33.7. The zero-order chi connectivity index (χ0) is 50.4. The molecule has 3 unspecified atom stereocenters. The fraction of sp³-hybridized carbons (Fsp3) is 0.952. The summed E-state index contributed by atoms with van der Waals surface area (Å²) < 4.78 is 0. The van der Waals surface area contributed by atoms with Crippen molar-refractivity contribution in [2.75, 3.05) is 0 Å². The Bertz CT molecular complexity index is 1140. The van der Waals surface area contributed by atoms with Crippen LogP contribution in [0.3, 0.4) is 0 Å². The van der Waals surface area contributed by atoms with Crippen molar-refractivity contribution < 1.29 is 14.4 Å². The molecule has 0 aromatic heterocycles. The summed E-state index contributed by atoms with van der Waals surface area (Å²) in [4.78, 5) is 41.0. The molecular weight excluding hydrogens is 847 g/mol. The zero-order valence-corrected chi connectivity index (χ0v) is 47.1. The third-order valence-corrected chi connectivity index (χ3v) is 17.4. The molecule has 408 valence electrons. The van der Waals surface area contributed by atoms with Gasteiger partial charge in [0.15, 0.2) is 0 Å². The Morgan fingerprint density at radius 3 is 0.739 bits per heavy atom. The quantitative estimate of drug-likeness (QED) is 0.0525. The van der Waals surface area contributed by atoms with Gasteiger partial charge in [-0.25, -0.2) is 0 Å². The molecule has 6 nitrogen and oxygen atoms in total. The predicted octanol–water partition coefficient (Wildman–Crippen LogP) is 19.4. The first-order valence-corrected chi connectivity index (χ1v) is 31.6. The average Bonchev–Trinajstić information content (AvgIpc) is 3.33. The zero-order valence-electron chi connectivity index (χ0n) is 47.1. The highest BCUT2D eigenvalue weighted by atomic mass is 16.2. The summed E-state index contributed by atoms with van der Waals surface area (Å²) in [5, 5.41) is 0. The fourth-order valence-corrected chi connectivity index (χ4v) is 12.9. The van der Waals surface area contributed by atoms with Crippen LogP contribution in [0.2, 0.25) is 0 Å². The van der Waals surface area contributed by atoms with Crippen molar-refractivity contribution in [2.45, 2.75) is 361 Å². The Balaban J connectivity index is 2.85. The second-order valence-corrected chi connectivity index (χ2v) is 23.3. The van der Waals surface area contributed by atoms with E-state index in [0.717, 1.165) is 57.8 Å². The van der Waals surface area contributed by atoms with Crippen LogP contribution in [0.25, 0.3) is 0 Å². The van der Waals surface area contributed by atoms with Crippen molar-refractivity contribution in [3.05, 3.63) is 0 Å². The number of hydrogen-bond donors (Lipinski definition) is 3. The van der Waals surface area contributed by atoms with Crippen LogP contribution in [0.5, 0.6) is 0 Å². The van der Waals surface area contributed by atoms with E-state index in [2.05, 4.69) is 20.8 Å². The number of primary amides is 3. The van der Waals surface area contributed by atoms with E-state index in [0.29, 0.717) is 19.3 Å². The Morgan fingerprint density at radius 2 is 0.536 bits per heavy atom. The van der Waals surface area contributed by atoms with Gasteiger partial charge in [-0.05, 0) is 37.5 Å². The number of carbonyl (C=O) groups excluding carboxylic acids is 3. The molecule has 1 saturated carbocycles. The Labute approximate surface area is 431 Å². The van der Waals surface area contributed by atoms with E-state index in [1.165, 1.54) is 263 Å². The summed E-state index contributed by atoms with van der Waals surface area (Å²) in [5.41, 5.74) is 17.5. The van der Waals surface area contributed by atoms with Crippen molar-refractivity contribution in [2.24, 2.45) is 39.9 Å². The molecule has 0 aromatic carbocycles. The second-order valence-electron chi connectivity index (χ2n) is 23.3. The van der Waals surface area contributed by atoms with Gasteiger partial charge in [0.1, 0.15) is 0 Å². The summed E-state index contributed by atoms with van der Waals surface area (Å²) >= 11 is 0. The monoisotopic (exact) mass is 970 g/mol. The van der Waals surface area contributed by atoms with Crippen LogP contribution < -0.4 is 17.2 Å². The van der Waals surface area contributed by atoms with Gasteiger partial charge in [-0.15, -0.1) is 0 Å². The third kappa shape index (κ3) is 31.6. The lowest BCUT2D eigenvalue weighted by molar-refractivity contribution is -0.165. The van der Waals surface area contributed by atoms with Crippen LogP contribution in [0.4, 0.5) is 0 Å². The van der Waals surface area contributed by atoms with Gasteiger partial charge in [-0.3, -0.25) is 14.4 Å². The molecule has 6 N–H and O–H groups in total. The molecule has 1 aliphatic carbocycles. The molecular formula is C63H123N3O3. The van der Waals surface area contributed by atoms with Crippen LogP contribution in [-0.4, -0.2) is 17.7 Å². The lowest BCUT2D eigenvalue weighted by Crippen LogP contribution is -2.62. The van der Waals surface area contributed by atoms with E-state index in [4.69, 9.17) is 17.2 Å². The minimum Gasteiger partial charge on any atom is -0.369 e. The number of rotatable bonds is 54. The lowest BCUT2D eigenvalue weighted by atomic mass is 9.44. The minimum atomic E-state index is -0.953. The molecule has 3 atom stereocenters. The maximum Gasteiger partial charge on any atom is 0.224 e. The van der Waals surface area contributed by atoms with Gasteiger partial charge < -0.3 is 17.2 Å². The van der Waals surface area contributed by atoms with Crippen LogP contribution in [0, 0.1) is 22.7 Å². The minimum absolute atomic E-state index is 0.325. The van der Waals surface area contributed by atoms with E-state index < -0.39 is 28.6 Å². The number of amides is 3. The SMILES string of the molecule is CCCCCCCCCCCCCCCCCCC1(C(N)=O)CC(C(N)=O)CC(C(N)=O)C1(CCCCCCCCCCCCCCCCCC)CCCCCCCCCCCCCCCCCC. The first kappa shape index (κ1) is 65.4. The van der Waals surface area contributed by atoms with E-state index in [-0.39, 0.29) is 11.8 Å². The molecule has 0 aliphatic heterocycles. The highest BCUT2D eigenvalue weighted by Crippen LogP contribution is 2.63.